The van der Waals surface area contributed by atoms with Gasteiger partial charge in [0.2, 0.25) is 5.91 Å². The number of nitrogens with zero attached hydrogens (tertiary/aromatic N) is 1. The average molecular weight is 378 g/mol. The Hall–Kier alpha value is -2.34. The van der Waals surface area contributed by atoms with Crippen LogP contribution in [0.4, 0.5) is 18.9 Å². The summed E-state index contributed by atoms with van der Waals surface area (Å²) in [6, 6.07) is 13.2. The van der Waals surface area contributed by atoms with Crippen molar-refractivity contribution in [2.24, 2.45) is 0 Å². The Labute approximate surface area is 158 Å². The number of nitrogens with one attached hydrogen (secondary N) is 1. The number of hydrogen-bond acceptors (Lipinski definition) is 2. The maximum absolute atomic E-state index is 13.0. The zero-order chi connectivity index (χ0) is 20.0. The number of anilines is 1. The lowest BCUT2D eigenvalue weighted by Crippen LogP contribution is -2.33. The number of rotatable bonds is 7. The van der Waals surface area contributed by atoms with E-state index in [2.05, 4.69) is 31.3 Å². The number of carbonyl (C=O) groups is 1. The first-order chi connectivity index (χ1) is 12.7. The number of benzene rings is 2. The van der Waals surface area contributed by atoms with Gasteiger partial charge < -0.3 is 5.32 Å². The summed E-state index contributed by atoms with van der Waals surface area (Å²) in [4.78, 5) is 14.2. The fourth-order valence-corrected chi connectivity index (χ4v) is 2.78. The van der Waals surface area contributed by atoms with Crippen LogP contribution in [0.25, 0.3) is 0 Å². The van der Waals surface area contributed by atoms with Crippen molar-refractivity contribution in [1.29, 1.82) is 0 Å². The molecule has 2 aromatic carbocycles. The monoisotopic (exact) mass is 378 g/mol. The van der Waals surface area contributed by atoms with Crippen molar-refractivity contribution in [2.75, 3.05) is 18.4 Å². The van der Waals surface area contributed by atoms with Crippen LogP contribution in [0.2, 0.25) is 0 Å². The van der Waals surface area contributed by atoms with E-state index >= 15 is 0 Å². The van der Waals surface area contributed by atoms with Crippen LogP contribution in [0.3, 0.4) is 0 Å². The highest BCUT2D eigenvalue weighted by Crippen LogP contribution is 2.34. The second-order valence-corrected chi connectivity index (χ2v) is 6.79. The molecule has 27 heavy (non-hydrogen) atoms. The molecule has 2 rings (SSSR count). The Morgan fingerprint density at radius 3 is 2.26 bits per heavy atom. The molecular formula is C21H25F3N2O. The number of halogens is 3. The lowest BCUT2D eigenvalue weighted by molar-refractivity contribution is -0.137. The Balaban J connectivity index is 2.01. The van der Waals surface area contributed by atoms with Crippen molar-refractivity contribution in [3.8, 4) is 0 Å². The second-order valence-electron chi connectivity index (χ2n) is 6.79. The molecule has 0 aliphatic heterocycles. The number of para-hydroxylation sites is 1. The maximum atomic E-state index is 13.0. The number of likely N-dealkylation sites (N-methyl/N-ethyl adjacent to an activating group) is 1. The van der Waals surface area contributed by atoms with Crippen molar-refractivity contribution >= 4 is 11.6 Å². The third-order valence-electron chi connectivity index (χ3n) is 4.37. The molecule has 0 spiro atoms. The molecule has 0 bridgehead atoms. The molecule has 2 aromatic rings. The minimum atomic E-state index is -4.51. The highest BCUT2D eigenvalue weighted by Gasteiger charge is 2.33. The summed E-state index contributed by atoms with van der Waals surface area (Å²) in [5.41, 5.74) is 1.24. The molecule has 0 aliphatic carbocycles. The van der Waals surface area contributed by atoms with Gasteiger partial charge in [-0.25, -0.2) is 0 Å². The van der Waals surface area contributed by atoms with Crippen LogP contribution in [0, 0.1) is 0 Å². The van der Waals surface area contributed by atoms with E-state index in [0.29, 0.717) is 19.0 Å². The Kier molecular flexibility index (Phi) is 7.02. The van der Waals surface area contributed by atoms with E-state index in [0.717, 1.165) is 11.6 Å². The first-order valence-corrected chi connectivity index (χ1v) is 8.98. The van der Waals surface area contributed by atoms with E-state index in [9.17, 15) is 18.0 Å². The van der Waals surface area contributed by atoms with E-state index in [-0.39, 0.29) is 12.2 Å². The largest absolute Gasteiger partial charge is 0.418 e. The molecule has 0 heterocycles. The zero-order valence-corrected chi connectivity index (χ0v) is 15.8. The van der Waals surface area contributed by atoms with Crippen LogP contribution in [0.15, 0.2) is 48.5 Å². The van der Waals surface area contributed by atoms with Gasteiger partial charge in [-0.05, 0) is 35.7 Å². The highest BCUT2D eigenvalue weighted by atomic mass is 19.4. The molecule has 0 unspecified atom stereocenters. The number of hydrogen-bond donors (Lipinski definition) is 1. The lowest BCUT2D eigenvalue weighted by Gasteiger charge is -2.21. The topological polar surface area (TPSA) is 32.3 Å². The van der Waals surface area contributed by atoms with Crippen LogP contribution in [0.5, 0.6) is 0 Å². The van der Waals surface area contributed by atoms with Gasteiger partial charge >= 0.3 is 6.18 Å². The number of alkyl halides is 3. The predicted molar refractivity (Wildman–Crippen MR) is 102 cm³/mol. The Bertz CT molecular complexity index is 755. The molecular weight excluding hydrogens is 353 g/mol. The molecule has 0 saturated heterocycles. The predicted octanol–water partition coefficient (Wildman–Crippen LogP) is 5.29. The molecule has 1 N–H and O–H groups in total. The summed E-state index contributed by atoms with van der Waals surface area (Å²) >= 11 is 0. The molecule has 0 saturated carbocycles. The zero-order valence-electron chi connectivity index (χ0n) is 15.8. The van der Waals surface area contributed by atoms with Crippen molar-refractivity contribution in [2.45, 2.75) is 39.4 Å². The minimum Gasteiger partial charge on any atom is -0.324 e. The minimum absolute atomic E-state index is 0.0224. The van der Waals surface area contributed by atoms with Gasteiger partial charge in [0.1, 0.15) is 0 Å². The van der Waals surface area contributed by atoms with Gasteiger partial charge in [0.05, 0.1) is 17.8 Å². The van der Waals surface area contributed by atoms with Crippen LogP contribution >= 0.6 is 0 Å². The second kappa shape index (κ2) is 9.04. The summed E-state index contributed by atoms with van der Waals surface area (Å²) < 4.78 is 39.1. The van der Waals surface area contributed by atoms with E-state index in [1.165, 1.54) is 23.8 Å². The summed E-state index contributed by atoms with van der Waals surface area (Å²) in [5.74, 6) is -0.0202. The van der Waals surface area contributed by atoms with Gasteiger partial charge in [0.15, 0.2) is 0 Å². The molecule has 1 amide bonds. The van der Waals surface area contributed by atoms with Gasteiger partial charge in [0, 0.05) is 6.54 Å². The molecule has 0 fully saturated rings. The molecule has 0 atom stereocenters. The van der Waals surface area contributed by atoms with Crippen LogP contribution < -0.4 is 5.32 Å². The SMILES string of the molecule is CCN(CC(=O)Nc1ccccc1C(F)(F)F)Cc1ccc(C(C)C)cc1. The molecule has 6 heteroatoms. The average Bonchev–Trinajstić information content (AvgIpc) is 2.61. The fourth-order valence-electron chi connectivity index (χ4n) is 2.78. The normalized spacial score (nSPS) is 11.9. The van der Waals surface area contributed by atoms with E-state index in [4.69, 9.17) is 0 Å². The first kappa shape index (κ1) is 21.0. The van der Waals surface area contributed by atoms with Gasteiger partial charge in [-0.2, -0.15) is 13.2 Å². The first-order valence-electron chi connectivity index (χ1n) is 8.98. The maximum Gasteiger partial charge on any atom is 0.418 e. The Morgan fingerprint density at radius 2 is 1.70 bits per heavy atom. The van der Waals surface area contributed by atoms with Gasteiger partial charge in [-0.15, -0.1) is 0 Å². The molecule has 0 aliphatic rings. The Morgan fingerprint density at radius 1 is 1.07 bits per heavy atom. The third-order valence-corrected chi connectivity index (χ3v) is 4.37. The quantitative estimate of drug-likeness (QED) is 0.710. The smallest absolute Gasteiger partial charge is 0.324 e. The van der Waals surface area contributed by atoms with Gasteiger partial charge in [0.25, 0.3) is 0 Å². The van der Waals surface area contributed by atoms with Crippen LogP contribution in [-0.4, -0.2) is 23.9 Å². The van der Waals surface area contributed by atoms with Crippen molar-refractivity contribution in [3.63, 3.8) is 0 Å². The lowest BCUT2D eigenvalue weighted by atomic mass is 10.0. The van der Waals surface area contributed by atoms with Crippen molar-refractivity contribution in [3.05, 3.63) is 65.2 Å². The summed E-state index contributed by atoms with van der Waals surface area (Å²) in [6.45, 7) is 7.35. The summed E-state index contributed by atoms with van der Waals surface area (Å²) in [5, 5.41) is 2.39. The third kappa shape index (κ3) is 6.10. The molecule has 0 radical (unpaired) electrons. The van der Waals surface area contributed by atoms with Crippen LogP contribution in [0.1, 0.15) is 43.4 Å². The van der Waals surface area contributed by atoms with E-state index in [1.807, 2.05) is 24.0 Å². The van der Waals surface area contributed by atoms with Crippen LogP contribution in [-0.2, 0) is 17.5 Å². The number of amides is 1. The van der Waals surface area contributed by atoms with Gasteiger partial charge in [-0.1, -0.05) is 57.2 Å². The molecule has 0 aromatic heterocycles. The number of carbonyl (C=O) groups excluding carboxylic acids is 1. The fraction of sp³-hybridized carbons (Fsp3) is 0.381. The van der Waals surface area contributed by atoms with Gasteiger partial charge in [-0.3, -0.25) is 9.69 Å². The van der Waals surface area contributed by atoms with Crippen molar-refractivity contribution < 1.29 is 18.0 Å². The highest BCUT2D eigenvalue weighted by molar-refractivity contribution is 5.93. The van der Waals surface area contributed by atoms with Crippen molar-refractivity contribution in [1.82, 2.24) is 4.90 Å². The summed E-state index contributed by atoms with van der Waals surface area (Å²) in [6.07, 6.45) is -4.51. The molecule has 146 valence electrons. The standard InChI is InChI=1S/C21H25F3N2O/c1-4-26(13-16-9-11-17(12-10-16)15(2)3)14-20(27)25-19-8-6-5-7-18(19)21(22,23)24/h5-12,15H,4,13-14H2,1-3H3,(H,25,27). The molecule has 3 nitrogen and oxygen atoms in total. The summed E-state index contributed by atoms with van der Waals surface area (Å²) in [7, 11) is 0. The van der Waals surface area contributed by atoms with E-state index in [1.54, 1.807) is 0 Å². The van der Waals surface area contributed by atoms with E-state index < -0.39 is 17.6 Å².